The topological polar surface area (TPSA) is 52.1 Å². The molecule has 0 saturated carbocycles. The fraction of sp³-hybridized carbons (Fsp3) is 0.318. The van der Waals surface area contributed by atoms with Crippen LogP contribution < -0.4 is 4.90 Å². The number of aromatic nitrogens is 2. The molecule has 3 aromatic rings. The zero-order chi connectivity index (χ0) is 20.6. The van der Waals surface area contributed by atoms with E-state index in [9.17, 15) is 18.3 Å². The Morgan fingerprint density at radius 2 is 1.86 bits per heavy atom. The molecule has 29 heavy (non-hydrogen) atoms. The maximum Gasteiger partial charge on any atom is 0.421 e. The van der Waals surface area contributed by atoms with Crippen molar-refractivity contribution in [3.05, 3.63) is 71.5 Å². The van der Waals surface area contributed by atoms with Gasteiger partial charge >= 0.3 is 6.18 Å². The molecule has 0 spiro atoms. The lowest BCUT2D eigenvalue weighted by Crippen LogP contribution is -2.39. The van der Waals surface area contributed by atoms with Crippen molar-refractivity contribution in [3.8, 4) is 11.1 Å². The van der Waals surface area contributed by atoms with Gasteiger partial charge in [-0.3, -0.25) is 5.10 Å². The highest BCUT2D eigenvalue weighted by Crippen LogP contribution is 2.38. The van der Waals surface area contributed by atoms with Crippen molar-refractivity contribution >= 4 is 5.69 Å². The molecule has 0 bridgehead atoms. The lowest BCUT2D eigenvalue weighted by molar-refractivity contribution is -0.258. The van der Waals surface area contributed by atoms with Gasteiger partial charge in [0.25, 0.3) is 0 Å². The molecule has 0 aliphatic carbocycles. The smallest absolute Gasteiger partial charge is 0.376 e. The highest BCUT2D eigenvalue weighted by atomic mass is 19.4. The molecular weight excluding hydrogens is 379 g/mol. The molecule has 0 fully saturated rings. The molecule has 0 saturated heterocycles. The SMILES string of the molecule is CC(O)(c1ccc(CN2CCCc3cc(-c4cn[nH]c4)ccc32)cc1)C(F)(F)F. The quantitative estimate of drug-likeness (QED) is 0.660. The number of halogens is 3. The van der Waals surface area contributed by atoms with Crippen LogP contribution in [0.1, 0.15) is 30.0 Å². The van der Waals surface area contributed by atoms with Crippen molar-refractivity contribution in [2.24, 2.45) is 0 Å². The first-order valence-corrected chi connectivity index (χ1v) is 9.51. The molecule has 4 rings (SSSR count). The van der Waals surface area contributed by atoms with Gasteiger partial charge in [0.15, 0.2) is 5.60 Å². The monoisotopic (exact) mass is 401 g/mol. The van der Waals surface area contributed by atoms with Gasteiger partial charge in [0.1, 0.15) is 0 Å². The van der Waals surface area contributed by atoms with Gasteiger partial charge in [-0.25, -0.2) is 0 Å². The highest BCUT2D eigenvalue weighted by Gasteiger charge is 2.51. The van der Waals surface area contributed by atoms with Crippen molar-refractivity contribution in [1.29, 1.82) is 0 Å². The van der Waals surface area contributed by atoms with Crippen LogP contribution in [0.3, 0.4) is 0 Å². The average Bonchev–Trinajstić information content (AvgIpc) is 3.22. The summed E-state index contributed by atoms with van der Waals surface area (Å²) in [4.78, 5) is 2.24. The van der Waals surface area contributed by atoms with E-state index >= 15 is 0 Å². The number of rotatable bonds is 4. The Labute approximate surface area is 167 Å². The summed E-state index contributed by atoms with van der Waals surface area (Å²) in [5.74, 6) is 0. The number of aliphatic hydroxyl groups is 1. The minimum atomic E-state index is -4.72. The molecule has 1 unspecified atom stereocenters. The maximum absolute atomic E-state index is 13.0. The number of nitrogens with zero attached hydrogens (tertiary/aromatic N) is 2. The van der Waals surface area contributed by atoms with E-state index in [-0.39, 0.29) is 5.56 Å². The molecule has 4 nitrogen and oxygen atoms in total. The van der Waals surface area contributed by atoms with Crippen LogP contribution in [0.4, 0.5) is 18.9 Å². The molecule has 1 aliphatic rings. The molecule has 2 heterocycles. The van der Waals surface area contributed by atoms with Gasteiger partial charge < -0.3 is 10.0 Å². The second kappa shape index (κ2) is 7.22. The highest BCUT2D eigenvalue weighted by molar-refractivity contribution is 5.68. The number of nitrogens with one attached hydrogen (secondary N) is 1. The van der Waals surface area contributed by atoms with Crippen molar-refractivity contribution in [3.63, 3.8) is 0 Å². The van der Waals surface area contributed by atoms with Crippen LogP contribution in [-0.2, 0) is 18.6 Å². The zero-order valence-corrected chi connectivity index (χ0v) is 16.0. The Morgan fingerprint density at radius 3 is 2.52 bits per heavy atom. The summed E-state index contributed by atoms with van der Waals surface area (Å²) in [6.45, 7) is 2.27. The predicted molar refractivity (Wildman–Crippen MR) is 105 cm³/mol. The van der Waals surface area contributed by atoms with Crippen LogP contribution in [0.2, 0.25) is 0 Å². The summed E-state index contributed by atoms with van der Waals surface area (Å²) in [6, 6.07) is 12.4. The first kappa shape index (κ1) is 19.5. The van der Waals surface area contributed by atoms with E-state index in [2.05, 4.69) is 33.3 Å². The summed E-state index contributed by atoms with van der Waals surface area (Å²) in [5.41, 5.74) is 2.44. The number of aryl methyl sites for hydroxylation is 1. The summed E-state index contributed by atoms with van der Waals surface area (Å²) in [6.07, 6.45) is 0.945. The van der Waals surface area contributed by atoms with Gasteiger partial charge in [-0.15, -0.1) is 0 Å². The number of benzene rings is 2. The minimum Gasteiger partial charge on any atom is -0.376 e. The first-order valence-electron chi connectivity index (χ1n) is 9.51. The van der Waals surface area contributed by atoms with Crippen molar-refractivity contribution in [2.45, 2.75) is 38.1 Å². The van der Waals surface area contributed by atoms with Gasteiger partial charge in [0.05, 0.1) is 6.20 Å². The van der Waals surface area contributed by atoms with Crippen molar-refractivity contribution < 1.29 is 18.3 Å². The normalized spacial score (nSPS) is 16.4. The van der Waals surface area contributed by atoms with Gasteiger partial charge in [-0.2, -0.15) is 18.3 Å². The van der Waals surface area contributed by atoms with Crippen LogP contribution in [0.5, 0.6) is 0 Å². The lowest BCUT2D eigenvalue weighted by atomic mass is 9.94. The van der Waals surface area contributed by atoms with Crippen LogP contribution in [0.15, 0.2) is 54.9 Å². The Morgan fingerprint density at radius 1 is 1.10 bits per heavy atom. The van der Waals surface area contributed by atoms with Crippen molar-refractivity contribution in [2.75, 3.05) is 11.4 Å². The van der Waals surface area contributed by atoms with Gasteiger partial charge in [0, 0.05) is 30.5 Å². The standard InChI is InChI=1S/C22H22F3N3O/c1-21(29,22(23,24)25)19-7-4-15(5-8-19)14-28-10-2-3-17-11-16(6-9-20(17)28)18-12-26-27-13-18/h4-9,11-13,29H,2-3,10,14H2,1H3,(H,26,27). The molecule has 0 radical (unpaired) electrons. The Bertz CT molecular complexity index is 980. The number of alkyl halides is 3. The summed E-state index contributed by atoms with van der Waals surface area (Å²) in [7, 11) is 0. The molecular formula is C22H22F3N3O. The summed E-state index contributed by atoms with van der Waals surface area (Å²) >= 11 is 0. The van der Waals surface area contributed by atoms with E-state index < -0.39 is 11.8 Å². The largest absolute Gasteiger partial charge is 0.421 e. The maximum atomic E-state index is 13.0. The van der Waals surface area contributed by atoms with E-state index in [4.69, 9.17) is 0 Å². The van der Waals surface area contributed by atoms with Crippen LogP contribution in [0, 0.1) is 0 Å². The molecule has 2 N–H and O–H groups in total. The van der Waals surface area contributed by atoms with Crippen molar-refractivity contribution in [1.82, 2.24) is 10.2 Å². The van der Waals surface area contributed by atoms with E-state index in [0.717, 1.165) is 48.7 Å². The Hall–Kier alpha value is -2.80. The van der Waals surface area contributed by atoms with Gasteiger partial charge in [-0.1, -0.05) is 30.3 Å². The third-order valence-corrected chi connectivity index (χ3v) is 5.57. The van der Waals surface area contributed by atoms with Crippen LogP contribution in [0.25, 0.3) is 11.1 Å². The first-order chi connectivity index (χ1) is 13.8. The third kappa shape index (κ3) is 3.74. The third-order valence-electron chi connectivity index (χ3n) is 5.57. The number of anilines is 1. The molecule has 7 heteroatoms. The lowest BCUT2D eigenvalue weighted by Gasteiger charge is -2.32. The number of hydrogen-bond donors (Lipinski definition) is 2. The number of hydrogen-bond acceptors (Lipinski definition) is 3. The van der Waals surface area contributed by atoms with Crippen LogP contribution >= 0.6 is 0 Å². The summed E-state index contributed by atoms with van der Waals surface area (Å²) in [5, 5.41) is 16.6. The zero-order valence-electron chi connectivity index (χ0n) is 16.0. The number of fused-ring (bicyclic) bond motifs is 1. The Kier molecular flexibility index (Phi) is 4.86. The van der Waals surface area contributed by atoms with Gasteiger partial charge in [-0.05, 0) is 54.2 Å². The minimum absolute atomic E-state index is 0.155. The van der Waals surface area contributed by atoms with E-state index in [0.29, 0.717) is 6.54 Å². The average molecular weight is 401 g/mol. The van der Waals surface area contributed by atoms with E-state index in [1.54, 1.807) is 18.3 Å². The molecule has 0 amide bonds. The molecule has 1 atom stereocenters. The van der Waals surface area contributed by atoms with Crippen LogP contribution in [-0.4, -0.2) is 28.0 Å². The summed E-state index contributed by atoms with van der Waals surface area (Å²) < 4.78 is 39.1. The van der Waals surface area contributed by atoms with E-state index in [1.165, 1.54) is 17.7 Å². The molecule has 152 valence electrons. The predicted octanol–water partition coefficient (Wildman–Crippen LogP) is 4.80. The molecule has 1 aromatic heterocycles. The fourth-order valence-electron chi connectivity index (χ4n) is 3.75. The van der Waals surface area contributed by atoms with E-state index in [1.807, 2.05) is 6.20 Å². The number of aromatic amines is 1. The number of H-pyrrole nitrogens is 1. The second-order valence-corrected chi connectivity index (χ2v) is 7.62. The molecule has 1 aliphatic heterocycles. The Balaban J connectivity index is 1.54. The second-order valence-electron chi connectivity index (χ2n) is 7.62. The molecule has 2 aromatic carbocycles. The van der Waals surface area contributed by atoms with Gasteiger partial charge in [0.2, 0.25) is 0 Å². The fourth-order valence-corrected chi connectivity index (χ4v) is 3.75.